The first kappa shape index (κ1) is 12.4. The third-order valence-corrected chi connectivity index (χ3v) is 3.67. The molecule has 1 aliphatic heterocycles. The fourth-order valence-corrected chi connectivity index (χ4v) is 2.60. The van der Waals surface area contributed by atoms with Gasteiger partial charge in [0.25, 0.3) is 0 Å². The predicted molar refractivity (Wildman–Crippen MR) is 70.5 cm³/mol. The van der Waals surface area contributed by atoms with Crippen LogP contribution in [0.5, 0.6) is 0 Å². The first-order chi connectivity index (χ1) is 8.99. The minimum Gasteiger partial charge on any atom is -0.423 e. The van der Waals surface area contributed by atoms with Gasteiger partial charge in [-0.05, 0) is 30.9 Å². The summed E-state index contributed by atoms with van der Waals surface area (Å²) in [6, 6.07) is 3.10. The smallest absolute Gasteiger partial charge is 0.423 e. The van der Waals surface area contributed by atoms with Gasteiger partial charge in [0.2, 0.25) is 0 Å². The molecular formula is C13H14BFN2O2. The first-order valence-electron chi connectivity index (χ1n) is 6.11. The number of hydrogen-bond acceptors (Lipinski definition) is 3. The van der Waals surface area contributed by atoms with Gasteiger partial charge in [0.1, 0.15) is 5.82 Å². The standard InChI is InChI=1S/C13H14BFN2O2/c1-7-13(8(2)17(3)16-7)10-5-11-9(4-12(10)15)6-19-14(11)18/h4-5,18H,6H2,1-3H3. The summed E-state index contributed by atoms with van der Waals surface area (Å²) in [5, 5.41) is 14.0. The molecule has 1 N–H and O–H groups in total. The molecule has 0 radical (unpaired) electrons. The number of rotatable bonds is 1. The second-order valence-electron chi connectivity index (χ2n) is 4.86. The third-order valence-electron chi connectivity index (χ3n) is 3.67. The summed E-state index contributed by atoms with van der Waals surface area (Å²) in [5.41, 5.74) is 4.25. The lowest BCUT2D eigenvalue weighted by Gasteiger charge is -2.07. The Balaban J connectivity index is 2.23. The van der Waals surface area contributed by atoms with Gasteiger partial charge in [0.15, 0.2) is 0 Å². The lowest BCUT2D eigenvalue weighted by molar-refractivity contribution is 0.275. The Morgan fingerprint density at radius 3 is 2.79 bits per heavy atom. The van der Waals surface area contributed by atoms with E-state index in [1.54, 1.807) is 10.7 Å². The monoisotopic (exact) mass is 260 g/mol. The van der Waals surface area contributed by atoms with Crippen LogP contribution in [0.4, 0.5) is 4.39 Å². The van der Waals surface area contributed by atoms with Gasteiger partial charge < -0.3 is 9.68 Å². The summed E-state index contributed by atoms with van der Waals surface area (Å²) in [5.74, 6) is -0.310. The minimum atomic E-state index is -0.966. The molecule has 1 aromatic carbocycles. The van der Waals surface area contributed by atoms with Crippen LogP contribution < -0.4 is 5.46 Å². The molecule has 0 amide bonds. The van der Waals surface area contributed by atoms with Crippen LogP contribution in [0, 0.1) is 19.7 Å². The predicted octanol–water partition coefficient (Wildman–Crippen LogP) is 1.06. The van der Waals surface area contributed by atoms with Gasteiger partial charge in [-0.3, -0.25) is 4.68 Å². The van der Waals surface area contributed by atoms with Crippen molar-refractivity contribution in [2.75, 3.05) is 0 Å². The second kappa shape index (κ2) is 4.18. The van der Waals surface area contributed by atoms with Crippen molar-refractivity contribution in [2.45, 2.75) is 20.5 Å². The minimum absolute atomic E-state index is 0.249. The summed E-state index contributed by atoms with van der Waals surface area (Å²) in [6.07, 6.45) is 0. The van der Waals surface area contributed by atoms with Crippen molar-refractivity contribution in [3.8, 4) is 11.1 Å². The molecule has 19 heavy (non-hydrogen) atoms. The Hall–Kier alpha value is -1.66. The number of halogens is 1. The van der Waals surface area contributed by atoms with Crippen molar-refractivity contribution in [2.24, 2.45) is 7.05 Å². The normalized spacial score (nSPS) is 14.1. The molecule has 0 unspecified atom stereocenters. The summed E-state index contributed by atoms with van der Waals surface area (Å²) in [6.45, 7) is 4.00. The van der Waals surface area contributed by atoms with E-state index < -0.39 is 7.12 Å². The molecular weight excluding hydrogens is 246 g/mol. The van der Waals surface area contributed by atoms with Crippen LogP contribution in [-0.2, 0) is 18.3 Å². The first-order valence-corrected chi connectivity index (χ1v) is 6.11. The van der Waals surface area contributed by atoms with Crippen LogP contribution in [0.25, 0.3) is 11.1 Å². The van der Waals surface area contributed by atoms with Gasteiger partial charge in [-0.25, -0.2) is 4.39 Å². The number of fused-ring (bicyclic) bond motifs is 1. The van der Waals surface area contributed by atoms with Gasteiger partial charge in [-0.2, -0.15) is 5.10 Å². The van der Waals surface area contributed by atoms with E-state index in [1.165, 1.54) is 6.07 Å². The highest BCUT2D eigenvalue weighted by Gasteiger charge is 2.29. The number of nitrogens with zero attached hydrogens (tertiary/aromatic N) is 2. The fourth-order valence-electron chi connectivity index (χ4n) is 2.60. The number of benzene rings is 1. The van der Waals surface area contributed by atoms with Crippen molar-refractivity contribution in [3.05, 3.63) is 34.9 Å². The lowest BCUT2D eigenvalue weighted by Crippen LogP contribution is -2.28. The van der Waals surface area contributed by atoms with Crippen LogP contribution in [-0.4, -0.2) is 21.9 Å². The average Bonchev–Trinajstić information content (AvgIpc) is 2.81. The van der Waals surface area contributed by atoms with Gasteiger partial charge in [-0.15, -0.1) is 0 Å². The Labute approximate surface area is 111 Å². The van der Waals surface area contributed by atoms with Crippen molar-refractivity contribution >= 4 is 12.6 Å². The highest BCUT2D eigenvalue weighted by molar-refractivity contribution is 6.61. The summed E-state index contributed by atoms with van der Waals surface area (Å²) < 4.78 is 21.1. The maximum Gasteiger partial charge on any atom is 0.491 e. The van der Waals surface area contributed by atoms with Crippen LogP contribution in [0.3, 0.4) is 0 Å². The molecule has 1 aromatic heterocycles. The maximum atomic E-state index is 14.3. The molecule has 0 saturated heterocycles. The van der Waals surface area contributed by atoms with E-state index >= 15 is 0 Å². The van der Waals surface area contributed by atoms with Gasteiger partial charge in [-0.1, -0.05) is 6.07 Å². The largest absolute Gasteiger partial charge is 0.491 e. The van der Waals surface area contributed by atoms with Crippen molar-refractivity contribution < 1.29 is 14.1 Å². The Kier molecular flexibility index (Phi) is 2.72. The molecule has 2 aromatic rings. The summed E-state index contributed by atoms with van der Waals surface area (Å²) in [7, 11) is 0.862. The van der Waals surface area contributed by atoms with Crippen LogP contribution in [0.1, 0.15) is 17.0 Å². The average molecular weight is 260 g/mol. The van der Waals surface area contributed by atoms with E-state index in [0.717, 1.165) is 17.0 Å². The fraction of sp³-hybridized carbons (Fsp3) is 0.308. The summed E-state index contributed by atoms with van der Waals surface area (Å²) in [4.78, 5) is 0. The Morgan fingerprint density at radius 1 is 1.42 bits per heavy atom. The molecule has 4 nitrogen and oxygen atoms in total. The molecule has 3 rings (SSSR count). The van der Waals surface area contributed by atoms with Gasteiger partial charge in [0, 0.05) is 23.9 Å². The molecule has 0 atom stereocenters. The topological polar surface area (TPSA) is 47.3 Å². The van der Waals surface area contributed by atoms with E-state index in [4.69, 9.17) is 4.65 Å². The van der Waals surface area contributed by atoms with Crippen LogP contribution in [0.15, 0.2) is 12.1 Å². The zero-order valence-corrected chi connectivity index (χ0v) is 11.1. The molecule has 0 spiro atoms. The quantitative estimate of drug-likeness (QED) is 0.780. The molecule has 2 heterocycles. The van der Waals surface area contributed by atoms with Gasteiger partial charge >= 0.3 is 7.12 Å². The van der Waals surface area contributed by atoms with Crippen LogP contribution in [0.2, 0.25) is 0 Å². The SMILES string of the molecule is Cc1nn(C)c(C)c1-c1cc2c(cc1F)COB2O. The second-order valence-corrected chi connectivity index (χ2v) is 4.86. The lowest BCUT2D eigenvalue weighted by atomic mass is 9.78. The molecule has 6 heteroatoms. The van der Waals surface area contributed by atoms with E-state index in [0.29, 0.717) is 16.6 Å². The van der Waals surface area contributed by atoms with Crippen molar-refractivity contribution in [3.63, 3.8) is 0 Å². The Bertz CT molecular complexity index is 669. The molecule has 0 fully saturated rings. The van der Waals surface area contributed by atoms with Crippen molar-refractivity contribution in [1.82, 2.24) is 9.78 Å². The zero-order valence-electron chi connectivity index (χ0n) is 11.1. The highest BCUT2D eigenvalue weighted by atomic mass is 19.1. The number of hydrogen-bond donors (Lipinski definition) is 1. The molecule has 0 bridgehead atoms. The third kappa shape index (κ3) is 1.79. The van der Waals surface area contributed by atoms with E-state index in [9.17, 15) is 9.41 Å². The van der Waals surface area contributed by atoms with Crippen molar-refractivity contribution in [1.29, 1.82) is 0 Å². The maximum absolute atomic E-state index is 14.3. The molecule has 0 aliphatic carbocycles. The van der Waals surface area contributed by atoms with Gasteiger partial charge in [0.05, 0.1) is 12.3 Å². The van der Waals surface area contributed by atoms with E-state index in [-0.39, 0.29) is 12.4 Å². The number of aromatic nitrogens is 2. The highest BCUT2D eigenvalue weighted by Crippen LogP contribution is 2.30. The Morgan fingerprint density at radius 2 is 2.16 bits per heavy atom. The van der Waals surface area contributed by atoms with E-state index in [1.807, 2.05) is 20.9 Å². The molecule has 98 valence electrons. The molecule has 0 saturated carbocycles. The summed E-state index contributed by atoms with van der Waals surface area (Å²) >= 11 is 0. The molecule has 1 aliphatic rings. The van der Waals surface area contributed by atoms with Crippen LogP contribution >= 0.6 is 0 Å². The van der Waals surface area contributed by atoms with E-state index in [2.05, 4.69) is 5.10 Å². The number of aryl methyl sites for hydroxylation is 2. The zero-order chi connectivity index (χ0) is 13.7.